The van der Waals surface area contributed by atoms with E-state index in [4.69, 9.17) is 11.6 Å². The standard InChI is InChI=1S/C12H21Cl/c1-2-3-4-5-6-7-8-9-10-11-12-13/h7-10H,2-6,11-12H2,1H3/b8-7+,10-9-. The van der Waals surface area contributed by atoms with Gasteiger partial charge in [0, 0.05) is 5.88 Å². The van der Waals surface area contributed by atoms with Crippen molar-refractivity contribution in [2.24, 2.45) is 0 Å². The van der Waals surface area contributed by atoms with Gasteiger partial charge < -0.3 is 0 Å². The normalized spacial score (nSPS) is 11.8. The van der Waals surface area contributed by atoms with Crippen molar-refractivity contribution in [1.82, 2.24) is 0 Å². The molecular weight excluding hydrogens is 180 g/mol. The second kappa shape index (κ2) is 11.8. The molecule has 0 atom stereocenters. The van der Waals surface area contributed by atoms with Crippen molar-refractivity contribution in [3.8, 4) is 0 Å². The van der Waals surface area contributed by atoms with Crippen LogP contribution in [0.3, 0.4) is 0 Å². The summed E-state index contributed by atoms with van der Waals surface area (Å²) in [4.78, 5) is 0. The Bertz CT molecular complexity index is 136. The Balaban J connectivity index is 3.12. The van der Waals surface area contributed by atoms with Gasteiger partial charge in [0.15, 0.2) is 0 Å². The van der Waals surface area contributed by atoms with Crippen LogP contribution in [0.25, 0.3) is 0 Å². The molecule has 0 saturated carbocycles. The molecular formula is C12H21Cl. The van der Waals surface area contributed by atoms with Gasteiger partial charge in [-0.3, -0.25) is 0 Å². The van der Waals surface area contributed by atoms with Gasteiger partial charge >= 0.3 is 0 Å². The molecule has 0 rings (SSSR count). The molecule has 0 aliphatic rings. The average molecular weight is 201 g/mol. The fourth-order valence-corrected chi connectivity index (χ4v) is 1.23. The number of hydrogen-bond donors (Lipinski definition) is 0. The Labute approximate surface area is 87.7 Å². The molecule has 0 unspecified atom stereocenters. The molecule has 0 N–H and O–H groups in total. The third-order valence-corrected chi connectivity index (χ3v) is 2.10. The van der Waals surface area contributed by atoms with E-state index in [1.165, 1.54) is 32.1 Å². The van der Waals surface area contributed by atoms with Crippen LogP contribution >= 0.6 is 11.6 Å². The molecule has 13 heavy (non-hydrogen) atoms. The molecule has 0 aliphatic heterocycles. The van der Waals surface area contributed by atoms with E-state index < -0.39 is 0 Å². The number of hydrogen-bond acceptors (Lipinski definition) is 0. The van der Waals surface area contributed by atoms with Crippen LogP contribution in [-0.2, 0) is 0 Å². The van der Waals surface area contributed by atoms with Crippen molar-refractivity contribution >= 4 is 11.6 Å². The van der Waals surface area contributed by atoms with Crippen LogP contribution in [0.5, 0.6) is 0 Å². The molecule has 0 aromatic carbocycles. The van der Waals surface area contributed by atoms with Crippen molar-refractivity contribution in [1.29, 1.82) is 0 Å². The molecule has 76 valence electrons. The van der Waals surface area contributed by atoms with Gasteiger partial charge in [0.1, 0.15) is 0 Å². The molecule has 1 heteroatoms. The van der Waals surface area contributed by atoms with Gasteiger partial charge in [0.05, 0.1) is 0 Å². The molecule has 0 nitrogen and oxygen atoms in total. The van der Waals surface area contributed by atoms with Crippen LogP contribution in [0.2, 0.25) is 0 Å². The number of rotatable bonds is 8. The lowest BCUT2D eigenvalue weighted by molar-refractivity contribution is 0.674. The zero-order chi connectivity index (χ0) is 9.78. The predicted molar refractivity (Wildman–Crippen MR) is 62.4 cm³/mol. The van der Waals surface area contributed by atoms with Gasteiger partial charge in [-0.1, -0.05) is 50.5 Å². The summed E-state index contributed by atoms with van der Waals surface area (Å²) in [6.45, 7) is 2.24. The van der Waals surface area contributed by atoms with Gasteiger partial charge in [-0.05, 0) is 19.3 Å². The van der Waals surface area contributed by atoms with E-state index in [1.54, 1.807) is 0 Å². The van der Waals surface area contributed by atoms with E-state index in [1.807, 2.05) is 0 Å². The van der Waals surface area contributed by atoms with Crippen LogP contribution < -0.4 is 0 Å². The summed E-state index contributed by atoms with van der Waals surface area (Å²) in [6, 6.07) is 0. The van der Waals surface area contributed by atoms with Gasteiger partial charge in [0.25, 0.3) is 0 Å². The van der Waals surface area contributed by atoms with E-state index >= 15 is 0 Å². The SMILES string of the molecule is CCCCCC/C=C/C=C\CCCl. The van der Waals surface area contributed by atoms with Crippen LogP contribution in [-0.4, -0.2) is 5.88 Å². The van der Waals surface area contributed by atoms with E-state index in [0.29, 0.717) is 0 Å². The van der Waals surface area contributed by atoms with Crippen molar-refractivity contribution in [3.63, 3.8) is 0 Å². The third-order valence-electron chi connectivity index (χ3n) is 1.88. The Morgan fingerprint density at radius 3 is 2.23 bits per heavy atom. The Morgan fingerprint density at radius 1 is 0.923 bits per heavy atom. The third kappa shape index (κ3) is 11.8. The lowest BCUT2D eigenvalue weighted by atomic mass is 10.1. The monoisotopic (exact) mass is 200 g/mol. The minimum absolute atomic E-state index is 0.723. The van der Waals surface area contributed by atoms with Gasteiger partial charge in [-0.25, -0.2) is 0 Å². The smallest absolute Gasteiger partial charge is 0.0258 e. The highest BCUT2D eigenvalue weighted by molar-refractivity contribution is 6.17. The number of unbranched alkanes of at least 4 members (excludes halogenated alkanes) is 4. The van der Waals surface area contributed by atoms with Crippen LogP contribution in [0, 0.1) is 0 Å². The molecule has 0 aliphatic carbocycles. The minimum Gasteiger partial charge on any atom is -0.126 e. The van der Waals surface area contributed by atoms with E-state index in [-0.39, 0.29) is 0 Å². The van der Waals surface area contributed by atoms with E-state index in [9.17, 15) is 0 Å². The topological polar surface area (TPSA) is 0 Å². The largest absolute Gasteiger partial charge is 0.126 e. The number of halogens is 1. The molecule has 0 saturated heterocycles. The fraction of sp³-hybridized carbons (Fsp3) is 0.667. The van der Waals surface area contributed by atoms with Gasteiger partial charge in [0.2, 0.25) is 0 Å². The summed E-state index contributed by atoms with van der Waals surface area (Å²) in [5.74, 6) is 0.723. The maximum absolute atomic E-state index is 5.52. The molecule has 0 fully saturated rings. The van der Waals surface area contributed by atoms with Crippen molar-refractivity contribution in [3.05, 3.63) is 24.3 Å². The van der Waals surface area contributed by atoms with Crippen molar-refractivity contribution < 1.29 is 0 Å². The average Bonchev–Trinajstić information content (AvgIpc) is 2.16. The predicted octanol–water partition coefficient (Wildman–Crippen LogP) is 4.70. The molecule has 0 bridgehead atoms. The molecule has 0 spiro atoms. The number of allylic oxidation sites excluding steroid dienone is 4. The Kier molecular flexibility index (Phi) is 11.6. The lowest BCUT2D eigenvalue weighted by Crippen LogP contribution is -1.73. The maximum Gasteiger partial charge on any atom is 0.0258 e. The molecule has 0 aromatic heterocycles. The minimum atomic E-state index is 0.723. The Hall–Kier alpha value is -0.230. The number of alkyl halides is 1. The van der Waals surface area contributed by atoms with Gasteiger partial charge in [-0.15, -0.1) is 11.6 Å². The first-order chi connectivity index (χ1) is 6.41. The summed E-state index contributed by atoms with van der Waals surface area (Å²) < 4.78 is 0. The second-order valence-electron chi connectivity index (χ2n) is 3.18. The zero-order valence-corrected chi connectivity index (χ0v) is 9.39. The zero-order valence-electron chi connectivity index (χ0n) is 8.64. The molecule has 0 heterocycles. The highest BCUT2D eigenvalue weighted by Crippen LogP contribution is 2.02. The van der Waals surface area contributed by atoms with Gasteiger partial charge in [-0.2, -0.15) is 0 Å². The molecule has 0 amide bonds. The van der Waals surface area contributed by atoms with Crippen molar-refractivity contribution in [2.75, 3.05) is 5.88 Å². The lowest BCUT2D eigenvalue weighted by Gasteiger charge is -1.92. The first-order valence-corrected chi connectivity index (χ1v) is 5.83. The van der Waals surface area contributed by atoms with Crippen LogP contribution in [0.15, 0.2) is 24.3 Å². The van der Waals surface area contributed by atoms with Crippen LogP contribution in [0.1, 0.15) is 45.4 Å². The summed E-state index contributed by atoms with van der Waals surface area (Å²) in [5, 5.41) is 0. The quantitative estimate of drug-likeness (QED) is 0.303. The summed E-state index contributed by atoms with van der Waals surface area (Å²) >= 11 is 5.52. The molecule has 0 aromatic rings. The van der Waals surface area contributed by atoms with Crippen LogP contribution in [0.4, 0.5) is 0 Å². The fourth-order valence-electron chi connectivity index (χ4n) is 1.10. The highest BCUT2D eigenvalue weighted by atomic mass is 35.5. The first kappa shape index (κ1) is 12.8. The first-order valence-electron chi connectivity index (χ1n) is 5.29. The summed E-state index contributed by atoms with van der Waals surface area (Å²) in [7, 11) is 0. The van der Waals surface area contributed by atoms with E-state index in [0.717, 1.165) is 12.3 Å². The highest BCUT2D eigenvalue weighted by Gasteiger charge is 1.82. The molecule has 0 radical (unpaired) electrons. The Morgan fingerprint density at radius 2 is 1.62 bits per heavy atom. The second-order valence-corrected chi connectivity index (χ2v) is 3.56. The maximum atomic E-state index is 5.52. The summed E-state index contributed by atoms with van der Waals surface area (Å²) in [6.07, 6.45) is 16.1. The summed E-state index contributed by atoms with van der Waals surface area (Å²) in [5.41, 5.74) is 0. The van der Waals surface area contributed by atoms with E-state index in [2.05, 4.69) is 31.2 Å². The van der Waals surface area contributed by atoms with Crippen molar-refractivity contribution in [2.45, 2.75) is 45.4 Å².